The number of aromatic nitrogens is 2. The number of nitrogens with two attached hydrogens (primary N) is 1. The molecule has 14 heavy (non-hydrogen) atoms. The molecule has 2 rings (SSSR count). The molecule has 0 spiro atoms. The average Bonchev–Trinajstić information content (AvgIpc) is 2.59. The zero-order valence-corrected chi connectivity index (χ0v) is 8.57. The molecule has 3 nitrogen and oxygen atoms in total. The van der Waals surface area contributed by atoms with Crippen LogP contribution in [-0.4, -0.2) is 16.2 Å². The standard InChI is InChI=1S/C11H15N3/c1-8-3-4-11-10(9(2)5-12)6-13-14(11)7-8/h3-4,6-7,9H,5,12H2,1-2H3. The maximum absolute atomic E-state index is 5.65. The van der Waals surface area contributed by atoms with Crippen molar-refractivity contribution < 1.29 is 0 Å². The maximum atomic E-state index is 5.65. The van der Waals surface area contributed by atoms with Gasteiger partial charge in [-0.05, 0) is 31.0 Å². The van der Waals surface area contributed by atoms with E-state index in [0.29, 0.717) is 12.5 Å². The highest BCUT2D eigenvalue weighted by Gasteiger charge is 2.09. The van der Waals surface area contributed by atoms with Gasteiger partial charge in [-0.15, -0.1) is 0 Å². The number of fused-ring (bicyclic) bond motifs is 1. The van der Waals surface area contributed by atoms with Crippen molar-refractivity contribution in [2.75, 3.05) is 6.54 Å². The number of rotatable bonds is 2. The fourth-order valence-electron chi connectivity index (χ4n) is 1.61. The van der Waals surface area contributed by atoms with Gasteiger partial charge in [-0.2, -0.15) is 5.10 Å². The van der Waals surface area contributed by atoms with Crippen LogP contribution in [0.25, 0.3) is 5.52 Å². The molecule has 0 aliphatic rings. The fourth-order valence-corrected chi connectivity index (χ4v) is 1.61. The van der Waals surface area contributed by atoms with Crippen molar-refractivity contribution in [1.29, 1.82) is 0 Å². The predicted molar refractivity (Wildman–Crippen MR) is 57.4 cm³/mol. The molecule has 3 heteroatoms. The highest BCUT2D eigenvalue weighted by Crippen LogP contribution is 2.19. The highest BCUT2D eigenvalue weighted by atomic mass is 15.2. The summed E-state index contributed by atoms with van der Waals surface area (Å²) in [5.41, 5.74) is 9.25. The van der Waals surface area contributed by atoms with Gasteiger partial charge >= 0.3 is 0 Å². The lowest BCUT2D eigenvalue weighted by Crippen LogP contribution is -2.08. The maximum Gasteiger partial charge on any atom is 0.0696 e. The lowest BCUT2D eigenvalue weighted by molar-refractivity contribution is 0.780. The van der Waals surface area contributed by atoms with Gasteiger partial charge in [-0.25, -0.2) is 4.52 Å². The van der Waals surface area contributed by atoms with Crippen molar-refractivity contribution in [2.24, 2.45) is 5.73 Å². The van der Waals surface area contributed by atoms with Crippen LogP contribution in [-0.2, 0) is 0 Å². The Bertz CT molecular complexity index is 445. The summed E-state index contributed by atoms with van der Waals surface area (Å²) in [6.45, 7) is 4.85. The van der Waals surface area contributed by atoms with E-state index in [-0.39, 0.29) is 0 Å². The first-order chi connectivity index (χ1) is 6.72. The van der Waals surface area contributed by atoms with E-state index in [9.17, 15) is 0 Å². The van der Waals surface area contributed by atoms with E-state index in [1.807, 2.05) is 16.9 Å². The van der Waals surface area contributed by atoms with Crippen molar-refractivity contribution in [2.45, 2.75) is 19.8 Å². The molecule has 0 saturated heterocycles. The smallest absolute Gasteiger partial charge is 0.0696 e. The van der Waals surface area contributed by atoms with E-state index in [1.54, 1.807) is 0 Å². The van der Waals surface area contributed by atoms with Gasteiger partial charge in [-0.1, -0.05) is 13.0 Å². The lowest BCUT2D eigenvalue weighted by atomic mass is 10.0. The monoisotopic (exact) mass is 189 g/mol. The molecule has 0 bridgehead atoms. The van der Waals surface area contributed by atoms with Crippen molar-refractivity contribution in [3.05, 3.63) is 35.7 Å². The Hall–Kier alpha value is -1.35. The van der Waals surface area contributed by atoms with Crippen LogP contribution in [0, 0.1) is 6.92 Å². The van der Waals surface area contributed by atoms with Crippen LogP contribution >= 0.6 is 0 Å². The topological polar surface area (TPSA) is 43.3 Å². The molecule has 0 aromatic carbocycles. The third kappa shape index (κ3) is 1.40. The van der Waals surface area contributed by atoms with Crippen LogP contribution in [0.3, 0.4) is 0 Å². The molecule has 74 valence electrons. The molecule has 1 unspecified atom stereocenters. The molecule has 2 aromatic rings. The van der Waals surface area contributed by atoms with E-state index in [2.05, 4.69) is 31.1 Å². The summed E-state index contributed by atoms with van der Waals surface area (Å²) in [5.74, 6) is 0.371. The van der Waals surface area contributed by atoms with Crippen LogP contribution < -0.4 is 5.73 Å². The van der Waals surface area contributed by atoms with Gasteiger partial charge in [0.15, 0.2) is 0 Å². The predicted octanol–water partition coefficient (Wildman–Crippen LogP) is 1.70. The van der Waals surface area contributed by atoms with Gasteiger partial charge < -0.3 is 5.73 Å². The normalized spacial score (nSPS) is 13.4. The Morgan fingerprint density at radius 2 is 2.29 bits per heavy atom. The average molecular weight is 189 g/mol. The molecule has 0 aliphatic heterocycles. The number of hydrogen-bond acceptors (Lipinski definition) is 2. The van der Waals surface area contributed by atoms with Crippen molar-refractivity contribution in [3.63, 3.8) is 0 Å². The van der Waals surface area contributed by atoms with E-state index in [4.69, 9.17) is 5.73 Å². The van der Waals surface area contributed by atoms with E-state index in [0.717, 1.165) is 5.52 Å². The van der Waals surface area contributed by atoms with Crippen molar-refractivity contribution >= 4 is 5.52 Å². The number of hydrogen-bond donors (Lipinski definition) is 1. The summed E-state index contributed by atoms with van der Waals surface area (Å²) < 4.78 is 1.91. The minimum absolute atomic E-state index is 0.371. The van der Waals surface area contributed by atoms with Gasteiger partial charge in [0, 0.05) is 11.8 Å². The minimum atomic E-state index is 0.371. The second-order valence-electron chi connectivity index (χ2n) is 3.77. The Labute approximate surface area is 83.5 Å². The molecule has 2 aromatic heterocycles. The second kappa shape index (κ2) is 3.42. The molecular weight excluding hydrogens is 174 g/mol. The first-order valence-corrected chi connectivity index (χ1v) is 4.86. The van der Waals surface area contributed by atoms with Gasteiger partial charge in [-0.3, -0.25) is 0 Å². The summed E-state index contributed by atoms with van der Waals surface area (Å²) in [5, 5.41) is 4.31. The Morgan fingerprint density at radius 1 is 1.50 bits per heavy atom. The Balaban J connectivity index is 2.58. The Morgan fingerprint density at radius 3 is 3.00 bits per heavy atom. The molecule has 0 saturated carbocycles. The van der Waals surface area contributed by atoms with Crippen molar-refractivity contribution in [1.82, 2.24) is 9.61 Å². The van der Waals surface area contributed by atoms with Crippen LogP contribution in [0.4, 0.5) is 0 Å². The third-order valence-corrected chi connectivity index (χ3v) is 2.58. The van der Waals surface area contributed by atoms with Gasteiger partial charge in [0.25, 0.3) is 0 Å². The molecule has 0 radical (unpaired) electrons. The van der Waals surface area contributed by atoms with Gasteiger partial charge in [0.2, 0.25) is 0 Å². The fraction of sp³-hybridized carbons (Fsp3) is 0.364. The summed E-state index contributed by atoms with van der Waals surface area (Å²) in [6, 6.07) is 4.20. The highest BCUT2D eigenvalue weighted by molar-refractivity contribution is 5.55. The summed E-state index contributed by atoms with van der Waals surface area (Å²) in [6.07, 6.45) is 3.94. The zero-order valence-electron chi connectivity index (χ0n) is 8.57. The summed E-state index contributed by atoms with van der Waals surface area (Å²) in [7, 11) is 0. The van der Waals surface area contributed by atoms with Crippen molar-refractivity contribution in [3.8, 4) is 0 Å². The second-order valence-corrected chi connectivity index (χ2v) is 3.77. The molecule has 2 N–H and O–H groups in total. The van der Waals surface area contributed by atoms with E-state index in [1.165, 1.54) is 11.1 Å². The number of aryl methyl sites for hydroxylation is 1. The van der Waals surface area contributed by atoms with Gasteiger partial charge in [0.1, 0.15) is 0 Å². The third-order valence-electron chi connectivity index (χ3n) is 2.58. The largest absolute Gasteiger partial charge is 0.330 e. The quantitative estimate of drug-likeness (QED) is 0.781. The molecule has 1 atom stereocenters. The molecule has 0 aliphatic carbocycles. The van der Waals surface area contributed by atoms with Crippen LogP contribution in [0.2, 0.25) is 0 Å². The first-order valence-electron chi connectivity index (χ1n) is 4.86. The number of pyridine rings is 1. The van der Waals surface area contributed by atoms with E-state index < -0.39 is 0 Å². The van der Waals surface area contributed by atoms with Crippen LogP contribution in [0.15, 0.2) is 24.5 Å². The van der Waals surface area contributed by atoms with Crippen LogP contribution in [0.1, 0.15) is 24.0 Å². The Kier molecular flexibility index (Phi) is 2.25. The zero-order chi connectivity index (χ0) is 10.1. The minimum Gasteiger partial charge on any atom is -0.330 e. The molecule has 0 fully saturated rings. The lowest BCUT2D eigenvalue weighted by Gasteiger charge is -2.05. The van der Waals surface area contributed by atoms with Gasteiger partial charge in [0.05, 0.1) is 11.7 Å². The molecule has 2 heterocycles. The summed E-state index contributed by atoms with van der Waals surface area (Å²) in [4.78, 5) is 0. The van der Waals surface area contributed by atoms with E-state index >= 15 is 0 Å². The summed E-state index contributed by atoms with van der Waals surface area (Å²) >= 11 is 0. The molecule has 0 amide bonds. The molecular formula is C11H15N3. The number of nitrogens with zero attached hydrogens (tertiary/aromatic N) is 2. The first kappa shape index (κ1) is 9.21. The van der Waals surface area contributed by atoms with Crippen LogP contribution in [0.5, 0.6) is 0 Å². The SMILES string of the molecule is Cc1ccc2c(C(C)CN)cnn2c1.